The van der Waals surface area contributed by atoms with E-state index in [0.29, 0.717) is 0 Å². The quantitative estimate of drug-likeness (QED) is 0.600. The van der Waals surface area contributed by atoms with Crippen LogP contribution in [0, 0.1) is 0 Å². The summed E-state index contributed by atoms with van der Waals surface area (Å²) in [5.74, 6) is 0. The predicted molar refractivity (Wildman–Crippen MR) is 62.5 cm³/mol. The van der Waals surface area contributed by atoms with Crippen molar-refractivity contribution in [2.75, 3.05) is 6.61 Å². The second-order valence-electron chi connectivity index (χ2n) is 3.87. The van der Waals surface area contributed by atoms with Gasteiger partial charge in [0, 0.05) is 11.8 Å². The van der Waals surface area contributed by atoms with Gasteiger partial charge in [0.05, 0.1) is 6.61 Å². The first-order chi connectivity index (χ1) is 8.45. The molecule has 1 saturated heterocycles. The van der Waals surface area contributed by atoms with E-state index in [1.165, 1.54) is 0 Å². The molecule has 0 aliphatic carbocycles. The number of aliphatic hydroxyl groups excluding tert-OH is 2. The fourth-order valence-corrected chi connectivity index (χ4v) is 1.89. The van der Waals surface area contributed by atoms with Gasteiger partial charge < -0.3 is 14.9 Å². The molecule has 1 aromatic rings. The molecule has 2 heterocycles. The molecule has 2 rings (SSSR count). The van der Waals surface area contributed by atoms with Crippen LogP contribution < -0.4 is 11.2 Å². The maximum Gasteiger partial charge on any atom is 0.330 e. The van der Waals surface area contributed by atoms with E-state index in [9.17, 15) is 14.7 Å². The minimum atomic E-state index is -1.09. The van der Waals surface area contributed by atoms with Crippen LogP contribution in [0.5, 0.6) is 0 Å². The lowest BCUT2D eigenvalue weighted by Gasteiger charge is -2.14. The molecule has 0 bridgehead atoms. The molecule has 7 nitrogen and oxygen atoms in total. The third-order valence-corrected chi connectivity index (χ3v) is 2.98. The van der Waals surface area contributed by atoms with Gasteiger partial charge in [0.2, 0.25) is 0 Å². The molecular weight excluding hydrogens is 264 g/mol. The molecule has 3 atom stereocenters. The van der Waals surface area contributed by atoms with E-state index in [-0.39, 0.29) is 10.6 Å². The van der Waals surface area contributed by atoms with Crippen LogP contribution in [0.15, 0.2) is 27.9 Å². The van der Waals surface area contributed by atoms with E-state index in [1.807, 2.05) is 4.98 Å². The molecule has 98 valence electrons. The van der Waals surface area contributed by atoms with E-state index >= 15 is 0 Å². The van der Waals surface area contributed by atoms with Crippen molar-refractivity contribution in [2.24, 2.45) is 0 Å². The first kappa shape index (κ1) is 13.0. The Kier molecular flexibility index (Phi) is 3.40. The molecule has 0 amide bonds. The molecule has 1 aromatic heterocycles. The van der Waals surface area contributed by atoms with Crippen LogP contribution in [0.1, 0.15) is 6.23 Å². The number of hydrogen-bond donors (Lipinski definition) is 3. The number of nitrogens with zero attached hydrogens (tertiary/aromatic N) is 1. The number of aromatic nitrogens is 2. The monoisotopic (exact) mass is 274 g/mol. The van der Waals surface area contributed by atoms with Crippen LogP contribution in [0.25, 0.3) is 0 Å². The standard InChI is InChI=1S/C10H11ClN2O5/c1-4-7(15)6(3-14)18-9(4)13-2-5(11)8(16)12-10(13)17/h2,6-7,9,14-15H,1,3H2,(H,12,16,17)/t6-,7-,9?/m1/s1. The fourth-order valence-electron chi connectivity index (χ4n) is 1.73. The molecule has 1 aliphatic heterocycles. The Morgan fingerprint density at radius 1 is 1.56 bits per heavy atom. The minimum Gasteiger partial charge on any atom is -0.394 e. The van der Waals surface area contributed by atoms with Crippen LogP contribution in [0.3, 0.4) is 0 Å². The number of rotatable bonds is 2. The lowest BCUT2D eigenvalue weighted by Crippen LogP contribution is -2.33. The third kappa shape index (κ3) is 2.01. The molecular formula is C10H11ClN2O5. The zero-order chi connectivity index (χ0) is 13.4. The van der Waals surface area contributed by atoms with Crippen molar-refractivity contribution >= 4 is 11.6 Å². The summed E-state index contributed by atoms with van der Waals surface area (Å²) in [7, 11) is 0. The average Bonchev–Trinajstić information content (AvgIpc) is 2.61. The summed E-state index contributed by atoms with van der Waals surface area (Å²) in [6, 6.07) is 0. The van der Waals surface area contributed by atoms with E-state index in [2.05, 4.69) is 6.58 Å². The topological polar surface area (TPSA) is 105 Å². The molecule has 3 N–H and O–H groups in total. The molecule has 18 heavy (non-hydrogen) atoms. The van der Waals surface area contributed by atoms with Crippen molar-refractivity contribution in [3.63, 3.8) is 0 Å². The lowest BCUT2D eigenvalue weighted by molar-refractivity contribution is -0.0447. The lowest BCUT2D eigenvalue weighted by atomic mass is 10.1. The zero-order valence-corrected chi connectivity index (χ0v) is 9.92. The Balaban J connectivity index is 2.45. The van der Waals surface area contributed by atoms with Crippen molar-refractivity contribution in [1.29, 1.82) is 0 Å². The number of aromatic amines is 1. The summed E-state index contributed by atoms with van der Waals surface area (Å²) in [5, 5.41) is 18.5. The van der Waals surface area contributed by atoms with Crippen LogP contribution in [-0.2, 0) is 4.74 Å². The van der Waals surface area contributed by atoms with Crippen molar-refractivity contribution in [1.82, 2.24) is 9.55 Å². The molecule has 0 radical (unpaired) electrons. The summed E-state index contributed by atoms with van der Waals surface area (Å²) in [5.41, 5.74) is -1.23. The van der Waals surface area contributed by atoms with Gasteiger partial charge in [0.1, 0.15) is 17.2 Å². The smallest absolute Gasteiger partial charge is 0.330 e. The largest absolute Gasteiger partial charge is 0.394 e. The van der Waals surface area contributed by atoms with Crippen LogP contribution in [0.4, 0.5) is 0 Å². The van der Waals surface area contributed by atoms with Crippen molar-refractivity contribution in [3.8, 4) is 0 Å². The Hall–Kier alpha value is -1.41. The third-order valence-electron chi connectivity index (χ3n) is 2.71. The minimum absolute atomic E-state index is 0.187. The molecule has 1 unspecified atom stereocenters. The van der Waals surface area contributed by atoms with Crippen molar-refractivity contribution < 1.29 is 14.9 Å². The number of nitrogens with one attached hydrogen (secondary N) is 1. The number of aliphatic hydroxyl groups is 2. The van der Waals surface area contributed by atoms with Gasteiger partial charge in [-0.2, -0.15) is 0 Å². The first-order valence-corrected chi connectivity index (χ1v) is 5.47. The van der Waals surface area contributed by atoms with Gasteiger partial charge in [0.15, 0.2) is 6.23 Å². The SMILES string of the molecule is C=C1C(n2cc(Cl)c(=O)[nH]c2=O)O[C@H](CO)[C@@H]1O. The second-order valence-corrected chi connectivity index (χ2v) is 4.28. The van der Waals surface area contributed by atoms with Gasteiger partial charge >= 0.3 is 5.69 Å². The highest BCUT2D eigenvalue weighted by Crippen LogP contribution is 2.31. The molecule has 0 aromatic carbocycles. The Morgan fingerprint density at radius 3 is 2.78 bits per heavy atom. The highest BCUT2D eigenvalue weighted by molar-refractivity contribution is 6.30. The highest BCUT2D eigenvalue weighted by Gasteiger charge is 2.38. The Bertz CT molecular complexity index is 593. The van der Waals surface area contributed by atoms with Crippen molar-refractivity contribution in [2.45, 2.75) is 18.4 Å². The fraction of sp³-hybridized carbons (Fsp3) is 0.400. The maximum atomic E-state index is 11.6. The number of halogens is 1. The number of ether oxygens (including phenoxy) is 1. The predicted octanol–water partition coefficient (Wildman–Crippen LogP) is -1.00. The van der Waals surface area contributed by atoms with Gasteiger partial charge in [0.25, 0.3) is 5.56 Å². The summed E-state index contributed by atoms with van der Waals surface area (Å²) in [4.78, 5) is 24.7. The van der Waals surface area contributed by atoms with Crippen LogP contribution >= 0.6 is 11.6 Å². The van der Waals surface area contributed by atoms with Gasteiger partial charge in [-0.05, 0) is 0 Å². The molecule has 0 saturated carbocycles. The van der Waals surface area contributed by atoms with Gasteiger partial charge in [-0.1, -0.05) is 18.2 Å². The van der Waals surface area contributed by atoms with Gasteiger partial charge in [-0.3, -0.25) is 14.3 Å². The molecule has 0 spiro atoms. The van der Waals surface area contributed by atoms with Gasteiger partial charge in [-0.15, -0.1) is 0 Å². The number of H-pyrrole nitrogens is 1. The number of hydrogen-bond acceptors (Lipinski definition) is 5. The zero-order valence-electron chi connectivity index (χ0n) is 9.17. The van der Waals surface area contributed by atoms with E-state index in [0.717, 1.165) is 10.8 Å². The first-order valence-electron chi connectivity index (χ1n) is 5.09. The average molecular weight is 275 g/mol. The second kappa shape index (κ2) is 4.69. The Labute approximate surface area is 106 Å². The molecule has 1 aliphatic rings. The molecule has 8 heteroatoms. The van der Waals surface area contributed by atoms with Crippen LogP contribution in [0.2, 0.25) is 5.02 Å². The van der Waals surface area contributed by atoms with E-state index in [4.69, 9.17) is 21.4 Å². The summed E-state index contributed by atoms with van der Waals surface area (Å²) in [6.07, 6.45) is -1.82. The Morgan fingerprint density at radius 2 is 2.22 bits per heavy atom. The molecule has 1 fully saturated rings. The summed E-state index contributed by atoms with van der Waals surface area (Å²) < 4.78 is 6.28. The summed E-state index contributed by atoms with van der Waals surface area (Å²) in [6.45, 7) is 3.19. The van der Waals surface area contributed by atoms with E-state index in [1.54, 1.807) is 0 Å². The van der Waals surface area contributed by atoms with Crippen molar-refractivity contribution in [3.05, 3.63) is 44.2 Å². The van der Waals surface area contributed by atoms with Crippen LogP contribution in [-0.4, -0.2) is 38.6 Å². The highest BCUT2D eigenvalue weighted by atomic mass is 35.5. The normalized spacial score (nSPS) is 27.7. The van der Waals surface area contributed by atoms with E-state index < -0.39 is 36.3 Å². The summed E-state index contributed by atoms with van der Waals surface area (Å²) >= 11 is 5.62. The van der Waals surface area contributed by atoms with Gasteiger partial charge in [-0.25, -0.2) is 4.79 Å². The maximum absolute atomic E-state index is 11.6.